The number of hydrogen-bond acceptors (Lipinski definition) is 3. The van der Waals surface area contributed by atoms with Crippen LogP contribution in [-0.2, 0) is 18.2 Å². The van der Waals surface area contributed by atoms with Gasteiger partial charge in [-0.05, 0) is 6.42 Å². The lowest BCUT2D eigenvalue weighted by atomic mass is 9.85. The molecule has 1 atom stereocenters. The third kappa shape index (κ3) is 1.91. The van der Waals surface area contributed by atoms with E-state index in [9.17, 15) is 0 Å². The summed E-state index contributed by atoms with van der Waals surface area (Å²) in [5, 5.41) is 7.98. The Bertz CT molecular complexity index is 307. The number of aromatic nitrogens is 3. The van der Waals surface area contributed by atoms with Crippen LogP contribution in [0.25, 0.3) is 0 Å². The molecule has 78 valence electrons. The van der Waals surface area contributed by atoms with Crippen molar-refractivity contribution >= 4 is 11.6 Å². The highest BCUT2D eigenvalue weighted by Crippen LogP contribution is 2.33. The van der Waals surface area contributed by atoms with E-state index < -0.39 is 0 Å². The fraction of sp³-hybridized carbons (Fsp3) is 0.778. The first-order chi connectivity index (χ1) is 6.74. The SMILES string of the molecule is Cn1cc(CC2(CCl)CCOC2)nn1. The molecule has 0 aliphatic carbocycles. The normalized spacial score (nSPS) is 27.0. The van der Waals surface area contributed by atoms with Crippen LogP contribution in [0.2, 0.25) is 0 Å². The molecule has 2 rings (SSSR count). The summed E-state index contributed by atoms with van der Waals surface area (Å²) < 4.78 is 7.11. The molecule has 1 aromatic heterocycles. The molecule has 2 heterocycles. The Hall–Kier alpha value is -0.610. The summed E-state index contributed by atoms with van der Waals surface area (Å²) in [7, 11) is 1.87. The molecule has 1 saturated heterocycles. The summed E-state index contributed by atoms with van der Waals surface area (Å²) in [4.78, 5) is 0. The molecule has 1 aromatic rings. The topological polar surface area (TPSA) is 39.9 Å². The van der Waals surface area contributed by atoms with E-state index in [1.54, 1.807) is 4.68 Å². The molecule has 0 bridgehead atoms. The molecule has 4 nitrogen and oxygen atoms in total. The van der Waals surface area contributed by atoms with Gasteiger partial charge in [0.1, 0.15) is 0 Å². The zero-order valence-electron chi connectivity index (χ0n) is 8.24. The summed E-state index contributed by atoms with van der Waals surface area (Å²) in [6.07, 6.45) is 3.82. The Morgan fingerprint density at radius 1 is 1.71 bits per heavy atom. The number of halogens is 1. The van der Waals surface area contributed by atoms with Crippen LogP contribution in [0, 0.1) is 5.41 Å². The molecular weight excluding hydrogens is 202 g/mol. The molecule has 1 aliphatic rings. The van der Waals surface area contributed by atoms with Gasteiger partial charge in [-0.25, -0.2) is 0 Å². The fourth-order valence-electron chi connectivity index (χ4n) is 1.80. The summed E-state index contributed by atoms with van der Waals surface area (Å²) in [6.45, 7) is 1.56. The first-order valence-electron chi connectivity index (χ1n) is 4.73. The Morgan fingerprint density at radius 3 is 3.07 bits per heavy atom. The average Bonchev–Trinajstić information content (AvgIpc) is 2.77. The predicted molar refractivity (Wildman–Crippen MR) is 53.3 cm³/mol. The van der Waals surface area contributed by atoms with Crippen LogP contribution in [0.1, 0.15) is 12.1 Å². The van der Waals surface area contributed by atoms with Crippen molar-refractivity contribution in [1.29, 1.82) is 0 Å². The molecular formula is C9H14ClN3O. The van der Waals surface area contributed by atoms with Crippen LogP contribution >= 0.6 is 11.6 Å². The van der Waals surface area contributed by atoms with Gasteiger partial charge in [0.15, 0.2) is 0 Å². The smallest absolute Gasteiger partial charge is 0.0833 e. The van der Waals surface area contributed by atoms with Crippen LogP contribution in [0.15, 0.2) is 6.20 Å². The van der Waals surface area contributed by atoms with Gasteiger partial charge >= 0.3 is 0 Å². The quantitative estimate of drug-likeness (QED) is 0.707. The van der Waals surface area contributed by atoms with Gasteiger partial charge in [0, 0.05) is 37.6 Å². The second kappa shape index (κ2) is 3.87. The van der Waals surface area contributed by atoms with Crippen LogP contribution in [0.4, 0.5) is 0 Å². The van der Waals surface area contributed by atoms with E-state index in [-0.39, 0.29) is 5.41 Å². The molecule has 0 radical (unpaired) electrons. The van der Waals surface area contributed by atoms with Crippen LogP contribution < -0.4 is 0 Å². The van der Waals surface area contributed by atoms with Crippen molar-refractivity contribution in [3.8, 4) is 0 Å². The molecule has 0 aromatic carbocycles. The highest BCUT2D eigenvalue weighted by molar-refractivity contribution is 6.18. The van der Waals surface area contributed by atoms with Crippen molar-refractivity contribution < 1.29 is 4.74 Å². The van der Waals surface area contributed by atoms with Crippen molar-refractivity contribution in [2.45, 2.75) is 12.8 Å². The van der Waals surface area contributed by atoms with Crippen LogP contribution in [0.5, 0.6) is 0 Å². The first-order valence-corrected chi connectivity index (χ1v) is 5.26. The minimum absolute atomic E-state index is 0.0809. The van der Waals surface area contributed by atoms with E-state index in [4.69, 9.17) is 16.3 Å². The first kappa shape index (κ1) is 9.93. The summed E-state index contributed by atoms with van der Waals surface area (Å²) in [5.74, 6) is 0.629. The number of aryl methyl sites for hydroxylation is 1. The lowest BCUT2D eigenvalue weighted by Crippen LogP contribution is -2.26. The number of ether oxygens (including phenoxy) is 1. The van der Waals surface area contributed by atoms with Gasteiger partial charge in [0.2, 0.25) is 0 Å². The van der Waals surface area contributed by atoms with Gasteiger partial charge in [-0.2, -0.15) is 0 Å². The molecule has 14 heavy (non-hydrogen) atoms. The van der Waals surface area contributed by atoms with E-state index >= 15 is 0 Å². The molecule has 1 aliphatic heterocycles. The number of rotatable bonds is 3. The van der Waals surface area contributed by atoms with Gasteiger partial charge in [0.05, 0.1) is 12.3 Å². The second-order valence-electron chi connectivity index (χ2n) is 4.00. The zero-order valence-corrected chi connectivity index (χ0v) is 9.00. The molecule has 0 spiro atoms. The van der Waals surface area contributed by atoms with Crippen LogP contribution in [-0.4, -0.2) is 34.1 Å². The van der Waals surface area contributed by atoms with Crippen LogP contribution in [0.3, 0.4) is 0 Å². The van der Waals surface area contributed by atoms with Gasteiger partial charge in [0.25, 0.3) is 0 Å². The number of alkyl halides is 1. The van der Waals surface area contributed by atoms with Gasteiger partial charge in [-0.1, -0.05) is 5.21 Å². The Kier molecular flexibility index (Phi) is 2.74. The van der Waals surface area contributed by atoms with Crippen molar-refractivity contribution in [1.82, 2.24) is 15.0 Å². The molecule has 0 N–H and O–H groups in total. The monoisotopic (exact) mass is 215 g/mol. The molecule has 0 amide bonds. The lowest BCUT2D eigenvalue weighted by molar-refractivity contribution is 0.160. The van der Waals surface area contributed by atoms with E-state index in [1.807, 2.05) is 13.2 Å². The molecule has 1 fully saturated rings. The van der Waals surface area contributed by atoms with Crippen molar-refractivity contribution in [3.63, 3.8) is 0 Å². The standard InChI is InChI=1S/C9H14ClN3O/c1-13-5-8(11-12-13)4-9(6-10)2-3-14-7-9/h5H,2-4,6-7H2,1H3. The molecule has 5 heteroatoms. The Morgan fingerprint density at radius 2 is 2.57 bits per heavy atom. The summed E-state index contributed by atoms with van der Waals surface area (Å²) in [6, 6.07) is 0. The highest BCUT2D eigenvalue weighted by atomic mass is 35.5. The average molecular weight is 216 g/mol. The third-order valence-corrected chi connectivity index (χ3v) is 3.24. The van der Waals surface area contributed by atoms with E-state index in [0.717, 1.165) is 31.7 Å². The number of nitrogens with zero attached hydrogens (tertiary/aromatic N) is 3. The Balaban J connectivity index is 2.08. The van der Waals surface area contributed by atoms with Crippen molar-refractivity contribution in [2.75, 3.05) is 19.1 Å². The van der Waals surface area contributed by atoms with E-state index in [0.29, 0.717) is 5.88 Å². The highest BCUT2D eigenvalue weighted by Gasteiger charge is 2.35. The maximum atomic E-state index is 5.99. The molecule has 1 unspecified atom stereocenters. The fourth-order valence-corrected chi connectivity index (χ4v) is 2.11. The largest absolute Gasteiger partial charge is 0.381 e. The third-order valence-electron chi connectivity index (χ3n) is 2.67. The zero-order chi connectivity index (χ0) is 10.0. The van der Waals surface area contributed by atoms with E-state index in [2.05, 4.69) is 10.3 Å². The minimum Gasteiger partial charge on any atom is -0.381 e. The maximum Gasteiger partial charge on any atom is 0.0833 e. The van der Waals surface area contributed by atoms with Gasteiger partial charge in [-0.15, -0.1) is 16.7 Å². The number of hydrogen-bond donors (Lipinski definition) is 0. The Labute approximate surface area is 88.2 Å². The second-order valence-corrected chi connectivity index (χ2v) is 4.26. The summed E-state index contributed by atoms with van der Waals surface area (Å²) >= 11 is 5.99. The minimum atomic E-state index is 0.0809. The van der Waals surface area contributed by atoms with Crippen molar-refractivity contribution in [3.05, 3.63) is 11.9 Å². The predicted octanol–water partition coefficient (Wildman–Crippen LogP) is 1.00. The van der Waals surface area contributed by atoms with Crippen molar-refractivity contribution in [2.24, 2.45) is 12.5 Å². The summed E-state index contributed by atoms with van der Waals surface area (Å²) in [5.41, 5.74) is 1.08. The molecule has 0 saturated carbocycles. The lowest BCUT2D eigenvalue weighted by Gasteiger charge is -2.22. The van der Waals surface area contributed by atoms with Gasteiger partial charge < -0.3 is 4.74 Å². The van der Waals surface area contributed by atoms with Gasteiger partial charge in [-0.3, -0.25) is 4.68 Å². The van der Waals surface area contributed by atoms with E-state index in [1.165, 1.54) is 0 Å². The maximum absolute atomic E-state index is 5.99.